The molecule has 3 amide bonds. The Bertz CT molecular complexity index is 1460. The molecule has 3 fully saturated rings. The van der Waals surface area contributed by atoms with Gasteiger partial charge in [0.05, 0.1) is 36.7 Å². The lowest BCUT2D eigenvalue weighted by molar-refractivity contribution is -0.156. The van der Waals surface area contributed by atoms with Crippen molar-refractivity contribution in [1.82, 2.24) is 9.80 Å². The van der Waals surface area contributed by atoms with Crippen molar-refractivity contribution in [2.45, 2.75) is 70.4 Å². The number of benzene rings is 2. The summed E-state index contributed by atoms with van der Waals surface area (Å²) in [4.78, 5) is 49.4. The van der Waals surface area contributed by atoms with Gasteiger partial charge in [-0.25, -0.2) is 0 Å². The lowest BCUT2D eigenvalue weighted by atomic mass is 9.62. The lowest BCUT2D eigenvalue weighted by Gasteiger charge is -2.40. The van der Waals surface area contributed by atoms with Gasteiger partial charge in [-0.3, -0.25) is 14.4 Å². The number of ether oxygens (including phenoxy) is 2. The second-order valence-corrected chi connectivity index (χ2v) is 13.1. The number of carbonyl (C=O) groups is 3. The normalized spacial score (nSPS) is 28.6. The van der Waals surface area contributed by atoms with Gasteiger partial charge >= 0.3 is 0 Å². The number of hydrogen-bond acceptors (Lipinski definition) is 6. The standard InChI is InChI=1S/C37H47N3O6/c1-8-20-38(24(4)5)35(44)32-37-22-25(6)36(7,46-37)30(31(37)34(43)40(32)29(23-41)26-14-12-11-13-15-26)33(42)39(21-9-2)27-16-18-28(19-17-27)45-10-3/h8-9,11-19,24-25,29-32,41H,1-2,10,20-23H2,3-7H3/t25?,29-,30-,31+,32?,36+,37?/m1/s1. The molecule has 9 heteroatoms. The van der Waals surface area contributed by atoms with Crippen LogP contribution < -0.4 is 9.64 Å². The van der Waals surface area contributed by atoms with E-state index in [9.17, 15) is 19.5 Å². The number of amides is 3. The van der Waals surface area contributed by atoms with Gasteiger partial charge in [-0.2, -0.15) is 0 Å². The van der Waals surface area contributed by atoms with Crippen LogP contribution in [0.5, 0.6) is 5.75 Å². The van der Waals surface area contributed by atoms with Crippen molar-refractivity contribution in [3.8, 4) is 5.75 Å². The number of aliphatic hydroxyl groups is 1. The molecule has 9 nitrogen and oxygen atoms in total. The van der Waals surface area contributed by atoms with E-state index in [1.807, 2.05) is 89.2 Å². The third kappa shape index (κ3) is 5.23. The van der Waals surface area contributed by atoms with Crippen LogP contribution in [-0.2, 0) is 19.1 Å². The van der Waals surface area contributed by atoms with Crippen LogP contribution in [0, 0.1) is 17.8 Å². The highest BCUT2D eigenvalue weighted by Crippen LogP contribution is 2.66. The molecule has 0 aliphatic carbocycles. The summed E-state index contributed by atoms with van der Waals surface area (Å²) >= 11 is 0. The van der Waals surface area contributed by atoms with E-state index < -0.39 is 41.7 Å². The Morgan fingerprint density at radius 2 is 1.74 bits per heavy atom. The average molecular weight is 630 g/mol. The Hall–Kier alpha value is -3.95. The predicted molar refractivity (Wildman–Crippen MR) is 177 cm³/mol. The summed E-state index contributed by atoms with van der Waals surface area (Å²) in [7, 11) is 0. The molecule has 5 rings (SSSR count). The molecule has 1 N–H and O–H groups in total. The van der Waals surface area contributed by atoms with Crippen molar-refractivity contribution in [2.24, 2.45) is 17.8 Å². The van der Waals surface area contributed by atoms with Gasteiger partial charge < -0.3 is 29.3 Å². The Labute approximate surface area is 272 Å². The maximum absolute atomic E-state index is 14.9. The maximum Gasteiger partial charge on any atom is 0.248 e. The molecule has 3 aliphatic heterocycles. The van der Waals surface area contributed by atoms with Crippen molar-refractivity contribution >= 4 is 23.4 Å². The zero-order chi connectivity index (χ0) is 33.4. The number of fused-ring (bicyclic) bond motifs is 1. The molecule has 46 heavy (non-hydrogen) atoms. The van der Waals surface area contributed by atoms with Crippen molar-refractivity contribution < 1.29 is 29.0 Å². The first-order valence-corrected chi connectivity index (χ1v) is 16.2. The SMILES string of the molecule is C=CCN(C(=O)[C@H]1[C@H]2C(=O)N([C@H](CO)c3ccccc3)C(C(=O)N(CC=C)C(C)C)C23CC(C)[C@]1(C)O3)c1ccc(OCC)cc1. The topological polar surface area (TPSA) is 99.6 Å². The molecular weight excluding hydrogens is 582 g/mol. The molecule has 7 atom stereocenters. The van der Waals surface area contributed by atoms with E-state index >= 15 is 0 Å². The smallest absolute Gasteiger partial charge is 0.248 e. The van der Waals surface area contributed by atoms with Crippen LogP contribution in [0.4, 0.5) is 5.69 Å². The van der Waals surface area contributed by atoms with Gasteiger partial charge in [0.1, 0.15) is 17.4 Å². The van der Waals surface area contributed by atoms with Gasteiger partial charge in [0.25, 0.3) is 0 Å². The molecule has 2 aromatic carbocycles. The minimum absolute atomic E-state index is 0.136. The van der Waals surface area contributed by atoms with Crippen LogP contribution in [0.3, 0.4) is 0 Å². The van der Waals surface area contributed by atoms with Gasteiger partial charge in [0, 0.05) is 24.8 Å². The highest BCUT2D eigenvalue weighted by molar-refractivity contribution is 6.03. The first-order valence-electron chi connectivity index (χ1n) is 16.2. The number of anilines is 1. The van der Waals surface area contributed by atoms with Gasteiger partial charge in [-0.15, -0.1) is 13.2 Å². The van der Waals surface area contributed by atoms with E-state index in [0.29, 0.717) is 30.0 Å². The fourth-order valence-electron chi connectivity index (χ4n) is 8.06. The van der Waals surface area contributed by atoms with Crippen molar-refractivity contribution in [3.63, 3.8) is 0 Å². The zero-order valence-corrected chi connectivity index (χ0v) is 27.6. The van der Waals surface area contributed by atoms with Crippen molar-refractivity contribution in [1.29, 1.82) is 0 Å². The van der Waals surface area contributed by atoms with Crippen LogP contribution >= 0.6 is 0 Å². The minimum Gasteiger partial charge on any atom is -0.494 e. The average Bonchev–Trinajstić information content (AvgIpc) is 3.56. The van der Waals surface area contributed by atoms with Crippen LogP contribution in [0.15, 0.2) is 79.9 Å². The third-order valence-corrected chi connectivity index (χ3v) is 10.2. The van der Waals surface area contributed by atoms with E-state index in [0.717, 1.165) is 0 Å². The summed E-state index contributed by atoms with van der Waals surface area (Å²) in [6.45, 7) is 18.1. The molecule has 0 radical (unpaired) electrons. The summed E-state index contributed by atoms with van der Waals surface area (Å²) in [5.41, 5.74) is -0.926. The van der Waals surface area contributed by atoms with Gasteiger partial charge in [0.15, 0.2) is 0 Å². The number of likely N-dealkylation sites (tertiary alicyclic amines) is 1. The van der Waals surface area contributed by atoms with Crippen molar-refractivity contribution in [2.75, 3.05) is 31.2 Å². The molecule has 0 saturated carbocycles. The Morgan fingerprint density at radius 1 is 1.09 bits per heavy atom. The fourth-order valence-corrected chi connectivity index (χ4v) is 8.06. The van der Waals surface area contributed by atoms with Crippen LogP contribution in [-0.4, -0.2) is 82.2 Å². The molecule has 1 spiro atoms. The van der Waals surface area contributed by atoms with E-state index in [2.05, 4.69) is 13.2 Å². The quantitative estimate of drug-likeness (QED) is 0.321. The van der Waals surface area contributed by atoms with Gasteiger partial charge in [-0.05, 0) is 69.9 Å². The second-order valence-electron chi connectivity index (χ2n) is 13.1. The molecular formula is C37H47N3O6. The van der Waals surface area contributed by atoms with Crippen LogP contribution in [0.2, 0.25) is 0 Å². The number of carbonyl (C=O) groups excluding carboxylic acids is 3. The molecule has 2 bridgehead atoms. The lowest BCUT2D eigenvalue weighted by Crippen LogP contribution is -2.58. The molecule has 0 aromatic heterocycles. The third-order valence-electron chi connectivity index (χ3n) is 10.2. The number of aliphatic hydroxyl groups excluding tert-OH is 1. The molecule has 3 unspecified atom stereocenters. The largest absolute Gasteiger partial charge is 0.494 e. The molecule has 246 valence electrons. The summed E-state index contributed by atoms with van der Waals surface area (Å²) in [5.74, 6) is -2.16. The monoisotopic (exact) mass is 629 g/mol. The first kappa shape index (κ1) is 33.4. The minimum atomic E-state index is -1.27. The Balaban J connectivity index is 1.65. The highest BCUT2D eigenvalue weighted by atomic mass is 16.5. The summed E-state index contributed by atoms with van der Waals surface area (Å²) in [6, 6.07) is 14.5. The van der Waals surface area contributed by atoms with Crippen LogP contribution in [0.1, 0.15) is 52.6 Å². The first-order chi connectivity index (χ1) is 22.0. The van der Waals surface area contributed by atoms with E-state index in [1.54, 1.807) is 22.0 Å². The summed E-state index contributed by atoms with van der Waals surface area (Å²) in [5, 5.41) is 10.8. The van der Waals surface area contributed by atoms with E-state index in [4.69, 9.17) is 9.47 Å². The Kier molecular flexibility index (Phi) is 9.47. The molecule has 2 aromatic rings. The molecule has 3 heterocycles. The maximum atomic E-state index is 14.9. The number of hydrogen-bond donors (Lipinski definition) is 1. The second kappa shape index (κ2) is 13.0. The zero-order valence-electron chi connectivity index (χ0n) is 27.6. The van der Waals surface area contributed by atoms with E-state index in [1.165, 1.54) is 4.90 Å². The highest BCUT2D eigenvalue weighted by Gasteiger charge is 2.80. The summed E-state index contributed by atoms with van der Waals surface area (Å²) < 4.78 is 12.6. The molecule has 3 aliphatic rings. The van der Waals surface area contributed by atoms with Crippen molar-refractivity contribution in [3.05, 3.63) is 85.5 Å². The Morgan fingerprint density at radius 3 is 2.30 bits per heavy atom. The van der Waals surface area contributed by atoms with Crippen LogP contribution in [0.25, 0.3) is 0 Å². The fraction of sp³-hybridized carbons (Fsp3) is 0.486. The van der Waals surface area contributed by atoms with Gasteiger partial charge in [0.2, 0.25) is 17.7 Å². The predicted octanol–water partition coefficient (Wildman–Crippen LogP) is 4.77. The number of nitrogens with zero attached hydrogens (tertiary/aromatic N) is 3. The summed E-state index contributed by atoms with van der Waals surface area (Å²) in [6.07, 6.45) is 3.75. The molecule has 3 saturated heterocycles. The van der Waals surface area contributed by atoms with E-state index in [-0.39, 0.29) is 42.8 Å². The number of rotatable bonds is 13. The van der Waals surface area contributed by atoms with Gasteiger partial charge in [-0.1, -0.05) is 49.4 Å².